The zero-order valence-electron chi connectivity index (χ0n) is 11.1. The lowest BCUT2D eigenvalue weighted by Crippen LogP contribution is -2.19. The van der Waals surface area contributed by atoms with Gasteiger partial charge in [0.25, 0.3) is 0 Å². The maximum absolute atomic E-state index is 6.17. The third-order valence-corrected chi connectivity index (χ3v) is 3.79. The van der Waals surface area contributed by atoms with Crippen LogP contribution >= 0.6 is 0 Å². The summed E-state index contributed by atoms with van der Waals surface area (Å²) in [5.74, 6) is 0. The summed E-state index contributed by atoms with van der Waals surface area (Å²) >= 11 is 0. The number of aryl methyl sites for hydroxylation is 1. The van der Waals surface area contributed by atoms with Crippen LogP contribution in [0.25, 0.3) is 0 Å². The lowest BCUT2D eigenvalue weighted by Gasteiger charge is -2.14. The number of nitrogens with two attached hydrogens (primary N) is 1. The monoisotopic (exact) mass is 253 g/mol. The van der Waals surface area contributed by atoms with Crippen LogP contribution in [0.3, 0.4) is 0 Å². The van der Waals surface area contributed by atoms with Gasteiger partial charge in [-0.1, -0.05) is 30.3 Å². The van der Waals surface area contributed by atoms with Gasteiger partial charge in [-0.2, -0.15) is 0 Å². The van der Waals surface area contributed by atoms with Crippen LogP contribution in [0.2, 0.25) is 0 Å². The zero-order valence-corrected chi connectivity index (χ0v) is 11.1. The molecule has 1 heterocycles. The molecule has 0 saturated heterocycles. The molecule has 1 aliphatic rings. The van der Waals surface area contributed by atoms with Crippen LogP contribution in [-0.2, 0) is 6.54 Å². The first kappa shape index (κ1) is 12.3. The van der Waals surface area contributed by atoms with Crippen LogP contribution in [0.5, 0.6) is 0 Å². The fourth-order valence-corrected chi connectivity index (χ4v) is 2.71. The maximum Gasteiger partial charge on any atom is 0.0372 e. The minimum atomic E-state index is 0.157. The summed E-state index contributed by atoms with van der Waals surface area (Å²) in [6, 6.07) is 13.1. The normalized spacial score (nSPS) is 21.4. The van der Waals surface area contributed by atoms with Crippen LogP contribution < -0.4 is 11.1 Å². The highest BCUT2D eigenvalue weighted by molar-refractivity contribution is 5.37. The molecule has 2 atom stereocenters. The largest absolute Gasteiger partial charge is 0.324 e. The molecule has 0 spiro atoms. The maximum atomic E-state index is 6.17. The molecule has 1 aromatic heterocycles. The van der Waals surface area contributed by atoms with E-state index >= 15 is 0 Å². The Bertz CT molecular complexity index is 562. The molecule has 3 rings (SSSR count). The number of fused-ring (bicyclic) bond motifs is 1. The van der Waals surface area contributed by atoms with E-state index in [0.717, 1.165) is 18.7 Å². The van der Waals surface area contributed by atoms with Gasteiger partial charge in [0.2, 0.25) is 0 Å². The Morgan fingerprint density at radius 2 is 2.00 bits per heavy atom. The van der Waals surface area contributed by atoms with Crippen molar-refractivity contribution in [1.82, 2.24) is 10.3 Å². The molecule has 3 N–H and O–H groups in total. The molecule has 0 aliphatic heterocycles. The Kier molecular flexibility index (Phi) is 3.32. The van der Waals surface area contributed by atoms with Crippen molar-refractivity contribution in [3.8, 4) is 0 Å². The molecule has 19 heavy (non-hydrogen) atoms. The van der Waals surface area contributed by atoms with E-state index in [-0.39, 0.29) is 6.04 Å². The highest BCUT2D eigenvalue weighted by Crippen LogP contribution is 2.36. The fraction of sp³-hybridized carbons (Fsp3) is 0.312. The fourth-order valence-electron chi connectivity index (χ4n) is 2.71. The van der Waals surface area contributed by atoms with E-state index in [0.29, 0.717) is 6.04 Å². The first-order valence-corrected chi connectivity index (χ1v) is 6.73. The molecule has 0 saturated carbocycles. The van der Waals surface area contributed by atoms with Gasteiger partial charge >= 0.3 is 0 Å². The van der Waals surface area contributed by atoms with Gasteiger partial charge in [0, 0.05) is 30.5 Å². The topological polar surface area (TPSA) is 50.9 Å². The molecule has 2 aromatic rings. The predicted octanol–water partition coefficient (Wildman–Crippen LogP) is 2.62. The van der Waals surface area contributed by atoms with Crippen LogP contribution in [-0.4, -0.2) is 4.98 Å². The number of nitrogens with zero attached hydrogens (tertiary/aromatic N) is 1. The minimum absolute atomic E-state index is 0.157. The van der Waals surface area contributed by atoms with Gasteiger partial charge in [0.1, 0.15) is 0 Å². The molecule has 2 unspecified atom stereocenters. The van der Waals surface area contributed by atoms with Crippen LogP contribution in [0.1, 0.15) is 40.9 Å². The lowest BCUT2D eigenvalue weighted by atomic mass is 10.1. The van der Waals surface area contributed by atoms with Crippen molar-refractivity contribution in [3.63, 3.8) is 0 Å². The third kappa shape index (κ3) is 2.53. The summed E-state index contributed by atoms with van der Waals surface area (Å²) in [7, 11) is 0. The molecule has 1 aliphatic carbocycles. The number of hydrogen-bond acceptors (Lipinski definition) is 3. The van der Waals surface area contributed by atoms with Gasteiger partial charge in [0.05, 0.1) is 0 Å². The Morgan fingerprint density at radius 3 is 2.74 bits per heavy atom. The van der Waals surface area contributed by atoms with Gasteiger partial charge in [-0.15, -0.1) is 0 Å². The highest BCUT2D eigenvalue weighted by Gasteiger charge is 2.27. The SMILES string of the molecule is Cc1ccc(CNC2CC(N)c3ccccc32)cn1. The van der Waals surface area contributed by atoms with Gasteiger partial charge in [-0.05, 0) is 36.1 Å². The van der Waals surface area contributed by atoms with Crippen molar-refractivity contribution in [1.29, 1.82) is 0 Å². The van der Waals surface area contributed by atoms with E-state index in [1.54, 1.807) is 0 Å². The first-order chi connectivity index (χ1) is 9.24. The van der Waals surface area contributed by atoms with E-state index in [4.69, 9.17) is 5.73 Å². The average Bonchev–Trinajstić information content (AvgIpc) is 2.76. The van der Waals surface area contributed by atoms with Crippen LogP contribution in [0.4, 0.5) is 0 Å². The smallest absolute Gasteiger partial charge is 0.0372 e. The molecule has 3 heteroatoms. The van der Waals surface area contributed by atoms with E-state index in [2.05, 4.69) is 40.6 Å². The molecule has 0 amide bonds. The van der Waals surface area contributed by atoms with Gasteiger partial charge in [-0.3, -0.25) is 4.98 Å². The van der Waals surface area contributed by atoms with Gasteiger partial charge < -0.3 is 11.1 Å². The Morgan fingerprint density at radius 1 is 1.21 bits per heavy atom. The highest BCUT2D eigenvalue weighted by atomic mass is 14.9. The summed E-state index contributed by atoms with van der Waals surface area (Å²) in [6.07, 6.45) is 2.90. The molecule has 98 valence electrons. The van der Waals surface area contributed by atoms with E-state index in [1.165, 1.54) is 16.7 Å². The number of nitrogens with one attached hydrogen (secondary N) is 1. The molecule has 0 fully saturated rings. The molecular weight excluding hydrogens is 234 g/mol. The lowest BCUT2D eigenvalue weighted by molar-refractivity contribution is 0.498. The van der Waals surface area contributed by atoms with Crippen molar-refractivity contribution in [2.45, 2.75) is 32.0 Å². The summed E-state index contributed by atoms with van der Waals surface area (Å²) in [6.45, 7) is 2.84. The zero-order chi connectivity index (χ0) is 13.2. The van der Waals surface area contributed by atoms with Crippen molar-refractivity contribution in [2.24, 2.45) is 5.73 Å². The number of hydrogen-bond donors (Lipinski definition) is 2. The molecule has 0 radical (unpaired) electrons. The third-order valence-electron chi connectivity index (χ3n) is 3.79. The van der Waals surface area contributed by atoms with E-state index < -0.39 is 0 Å². The molecule has 3 nitrogen and oxygen atoms in total. The quantitative estimate of drug-likeness (QED) is 0.884. The number of pyridine rings is 1. The van der Waals surface area contributed by atoms with Gasteiger partial charge in [0.15, 0.2) is 0 Å². The first-order valence-electron chi connectivity index (χ1n) is 6.73. The second-order valence-electron chi connectivity index (χ2n) is 5.21. The summed E-state index contributed by atoms with van der Waals surface area (Å²) < 4.78 is 0. The van der Waals surface area contributed by atoms with Crippen molar-refractivity contribution >= 4 is 0 Å². The summed E-state index contributed by atoms with van der Waals surface area (Å²) in [4.78, 5) is 4.32. The minimum Gasteiger partial charge on any atom is -0.324 e. The van der Waals surface area contributed by atoms with E-state index in [1.807, 2.05) is 19.2 Å². The number of benzene rings is 1. The van der Waals surface area contributed by atoms with Gasteiger partial charge in [-0.25, -0.2) is 0 Å². The van der Waals surface area contributed by atoms with Crippen LogP contribution in [0.15, 0.2) is 42.6 Å². The Labute approximate surface area is 113 Å². The summed E-state index contributed by atoms with van der Waals surface area (Å²) in [5.41, 5.74) is 11.1. The molecule has 1 aromatic carbocycles. The van der Waals surface area contributed by atoms with Crippen molar-refractivity contribution < 1.29 is 0 Å². The molecular formula is C16H19N3. The molecule has 0 bridgehead atoms. The average molecular weight is 253 g/mol. The Hall–Kier alpha value is -1.71. The van der Waals surface area contributed by atoms with Crippen LogP contribution in [0, 0.1) is 6.92 Å². The standard InChI is InChI=1S/C16H19N3/c1-11-6-7-12(9-18-11)10-19-16-8-15(17)13-4-2-3-5-14(13)16/h2-7,9,15-16,19H,8,10,17H2,1H3. The number of aromatic nitrogens is 1. The van der Waals surface area contributed by atoms with E-state index in [9.17, 15) is 0 Å². The van der Waals surface area contributed by atoms with Crippen molar-refractivity contribution in [2.75, 3.05) is 0 Å². The van der Waals surface area contributed by atoms with Crippen molar-refractivity contribution in [3.05, 3.63) is 65.0 Å². The Balaban J connectivity index is 1.70. The second kappa shape index (κ2) is 5.11. The number of rotatable bonds is 3. The summed E-state index contributed by atoms with van der Waals surface area (Å²) in [5, 5.41) is 3.58. The second-order valence-corrected chi connectivity index (χ2v) is 5.21. The predicted molar refractivity (Wildman–Crippen MR) is 76.5 cm³/mol.